The van der Waals surface area contributed by atoms with E-state index in [4.69, 9.17) is 4.74 Å². The summed E-state index contributed by atoms with van der Waals surface area (Å²) >= 11 is 0. The summed E-state index contributed by atoms with van der Waals surface area (Å²) in [6.45, 7) is 2.76. The lowest BCUT2D eigenvalue weighted by molar-refractivity contribution is -0.394. The number of carbonyl (C=O) groups is 3. The summed E-state index contributed by atoms with van der Waals surface area (Å²) < 4.78 is 4.74. The molecule has 1 aromatic rings. The van der Waals surface area contributed by atoms with Crippen LogP contribution in [0.15, 0.2) is 18.2 Å². The molecule has 0 bridgehead atoms. The van der Waals surface area contributed by atoms with E-state index in [2.05, 4.69) is 5.32 Å². The van der Waals surface area contributed by atoms with Crippen molar-refractivity contribution < 1.29 is 29.0 Å². The number of amides is 1. The van der Waals surface area contributed by atoms with Gasteiger partial charge in [-0.15, -0.1) is 0 Å². The molecule has 0 heterocycles. The van der Waals surface area contributed by atoms with Gasteiger partial charge in [-0.3, -0.25) is 29.8 Å². The molecule has 25 heavy (non-hydrogen) atoms. The van der Waals surface area contributed by atoms with E-state index in [9.17, 15) is 34.6 Å². The van der Waals surface area contributed by atoms with Crippen molar-refractivity contribution in [3.8, 4) is 0 Å². The lowest BCUT2D eigenvalue weighted by atomic mass is 10.1. The second-order valence-corrected chi connectivity index (χ2v) is 4.94. The zero-order chi connectivity index (χ0) is 19.1. The summed E-state index contributed by atoms with van der Waals surface area (Å²) in [6, 6.07) is 1.06. The largest absolute Gasteiger partial charge is 0.464 e. The van der Waals surface area contributed by atoms with E-state index in [-0.39, 0.29) is 13.0 Å². The molecule has 11 heteroatoms. The number of non-ortho nitro benzene ring substituents is 2. The van der Waals surface area contributed by atoms with Crippen LogP contribution in [0.5, 0.6) is 0 Å². The third-order valence-corrected chi connectivity index (χ3v) is 2.95. The molecule has 0 fully saturated rings. The van der Waals surface area contributed by atoms with Gasteiger partial charge in [-0.25, -0.2) is 4.79 Å². The molecule has 0 aliphatic heterocycles. The average molecular weight is 353 g/mol. The maximum atomic E-state index is 12.2. The number of ketones is 1. The van der Waals surface area contributed by atoms with Gasteiger partial charge in [-0.2, -0.15) is 0 Å². The first-order valence-corrected chi connectivity index (χ1v) is 7.06. The van der Waals surface area contributed by atoms with Crippen molar-refractivity contribution in [3.63, 3.8) is 0 Å². The summed E-state index contributed by atoms with van der Waals surface area (Å²) in [4.78, 5) is 55.2. The van der Waals surface area contributed by atoms with Gasteiger partial charge in [0.2, 0.25) is 0 Å². The summed E-state index contributed by atoms with van der Waals surface area (Å²) in [6.07, 6.45) is -0.346. The van der Waals surface area contributed by atoms with E-state index in [0.717, 1.165) is 12.1 Å². The minimum Gasteiger partial charge on any atom is -0.464 e. The van der Waals surface area contributed by atoms with E-state index in [1.165, 1.54) is 13.8 Å². The highest BCUT2D eigenvalue weighted by atomic mass is 16.6. The minimum atomic E-state index is -1.30. The summed E-state index contributed by atoms with van der Waals surface area (Å²) in [5.41, 5.74) is -1.70. The Morgan fingerprint density at radius 3 is 2.04 bits per heavy atom. The molecule has 134 valence electrons. The SMILES string of the molecule is CCOC(=O)C(CC(C)=O)NC(=O)c1cc([N+](=O)[O-])cc([N+](=O)[O-])c1. The number of nitro benzene ring substituents is 2. The number of rotatable bonds is 8. The van der Waals surface area contributed by atoms with Gasteiger partial charge in [0.25, 0.3) is 17.3 Å². The molecule has 0 aliphatic carbocycles. The predicted octanol–water partition coefficient (Wildman–Crippen LogP) is 1.14. The maximum Gasteiger partial charge on any atom is 0.329 e. The van der Waals surface area contributed by atoms with Crippen molar-refractivity contribution in [2.75, 3.05) is 6.61 Å². The number of hydrogen-bond donors (Lipinski definition) is 1. The van der Waals surface area contributed by atoms with Gasteiger partial charge in [0.15, 0.2) is 0 Å². The first kappa shape index (κ1) is 19.7. The molecule has 1 atom stereocenters. The fraction of sp³-hybridized carbons (Fsp3) is 0.357. The Bertz CT molecular complexity index is 699. The Morgan fingerprint density at radius 1 is 1.12 bits per heavy atom. The van der Waals surface area contributed by atoms with E-state index in [1.54, 1.807) is 0 Å². The monoisotopic (exact) mass is 353 g/mol. The van der Waals surface area contributed by atoms with Crippen molar-refractivity contribution in [1.82, 2.24) is 5.32 Å². The van der Waals surface area contributed by atoms with E-state index < -0.39 is 50.5 Å². The molecular formula is C14H15N3O8. The van der Waals surface area contributed by atoms with E-state index >= 15 is 0 Å². The summed E-state index contributed by atoms with van der Waals surface area (Å²) in [7, 11) is 0. The summed E-state index contributed by atoms with van der Waals surface area (Å²) in [5, 5.41) is 23.9. The van der Waals surface area contributed by atoms with Crippen molar-refractivity contribution in [1.29, 1.82) is 0 Å². The fourth-order valence-corrected chi connectivity index (χ4v) is 1.90. The molecule has 0 aliphatic rings. The predicted molar refractivity (Wildman–Crippen MR) is 82.9 cm³/mol. The highest BCUT2D eigenvalue weighted by molar-refractivity contribution is 5.99. The summed E-state index contributed by atoms with van der Waals surface area (Å²) in [5.74, 6) is -2.24. The maximum absolute atomic E-state index is 12.2. The molecule has 1 amide bonds. The zero-order valence-corrected chi connectivity index (χ0v) is 13.4. The van der Waals surface area contributed by atoms with Crippen molar-refractivity contribution in [3.05, 3.63) is 44.0 Å². The van der Waals surface area contributed by atoms with Crippen molar-refractivity contribution >= 4 is 29.0 Å². The third kappa shape index (κ3) is 5.64. The quantitative estimate of drug-likeness (QED) is 0.414. The molecule has 1 rings (SSSR count). The van der Waals surface area contributed by atoms with Crippen LogP contribution in [0.2, 0.25) is 0 Å². The molecule has 0 saturated carbocycles. The van der Waals surface area contributed by atoms with Gasteiger partial charge < -0.3 is 10.1 Å². The van der Waals surface area contributed by atoms with Crippen molar-refractivity contribution in [2.24, 2.45) is 0 Å². The number of carbonyl (C=O) groups excluding carboxylic acids is 3. The molecule has 1 N–H and O–H groups in total. The highest BCUT2D eigenvalue weighted by Gasteiger charge is 2.26. The topological polar surface area (TPSA) is 159 Å². The third-order valence-electron chi connectivity index (χ3n) is 2.95. The number of benzene rings is 1. The Hall–Kier alpha value is -3.37. The van der Waals surface area contributed by atoms with Crippen LogP contribution >= 0.6 is 0 Å². The number of nitro groups is 2. The van der Waals surface area contributed by atoms with Crippen LogP contribution in [-0.2, 0) is 14.3 Å². The number of esters is 1. The van der Waals surface area contributed by atoms with Gasteiger partial charge in [0.1, 0.15) is 11.8 Å². The Kier molecular flexibility index (Phi) is 6.67. The van der Waals surface area contributed by atoms with Crippen LogP contribution in [-0.4, -0.2) is 40.2 Å². The molecule has 1 unspecified atom stereocenters. The molecule has 11 nitrogen and oxygen atoms in total. The lowest BCUT2D eigenvalue weighted by Crippen LogP contribution is -2.43. The smallest absolute Gasteiger partial charge is 0.329 e. The fourth-order valence-electron chi connectivity index (χ4n) is 1.90. The zero-order valence-electron chi connectivity index (χ0n) is 13.4. The van der Waals surface area contributed by atoms with Gasteiger partial charge >= 0.3 is 5.97 Å². The van der Waals surface area contributed by atoms with Crippen LogP contribution in [0.4, 0.5) is 11.4 Å². The van der Waals surface area contributed by atoms with Crippen LogP contribution in [0.1, 0.15) is 30.6 Å². The van der Waals surface area contributed by atoms with Crippen LogP contribution in [0.3, 0.4) is 0 Å². The number of ether oxygens (including phenoxy) is 1. The second kappa shape index (κ2) is 8.47. The molecule has 0 saturated heterocycles. The lowest BCUT2D eigenvalue weighted by Gasteiger charge is -2.16. The van der Waals surface area contributed by atoms with Crippen LogP contribution in [0, 0.1) is 20.2 Å². The Morgan fingerprint density at radius 2 is 1.64 bits per heavy atom. The number of nitrogens with zero attached hydrogens (tertiary/aromatic N) is 2. The first-order chi connectivity index (χ1) is 11.6. The minimum absolute atomic E-state index is 0.0192. The van der Waals surface area contributed by atoms with E-state index in [1.807, 2.05) is 0 Å². The molecule has 0 aromatic heterocycles. The van der Waals surface area contributed by atoms with Crippen molar-refractivity contribution in [2.45, 2.75) is 26.3 Å². The average Bonchev–Trinajstić information content (AvgIpc) is 2.53. The van der Waals surface area contributed by atoms with Crippen LogP contribution in [0.25, 0.3) is 0 Å². The number of Topliss-reactive ketones (excluding diaryl/α,β-unsaturated/α-hetero) is 1. The number of hydrogen-bond acceptors (Lipinski definition) is 8. The Labute approximate surface area is 141 Å². The normalized spacial score (nSPS) is 11.3. The van der Waals surface area contributed by atoms with Crippen LogP contribution < -0.4 is 5.32 Å². The van der Waals surface area contributed by atoms with Gasteiger partial charge in [0, 0.05) is 18.6 Å². The number of nitrogens with one attached hydrogen (secondary N) is 1. The van der Waals surface area contributed by atoms with Gasteiger partial charge in [0.05, 0.1) is 28.1 Å². The molecule has 1 aromatic carbocycles. The first-order valence-electron chi connectivity index (χ1n) is 7.06. The Balaban J connectivity index is 3.15. The highest BCUT2D eigenvalue weighted by Crippen LogP contribution is 2.22. The molecular weight excluding hydrogens is 338 g/mol. The van der Waals surface area contributed by atoms with Gasteiger partial charge in [-0.05, 0) is 13.8 Å². The van der Waals surface area contributed by atoms with E-state index in [0.29, 0.717) is 6.07 Å². The standard InChI is InChI=1S/C14H15N3O8/c1-3-25-14(20)12(4-8(2)18)15-13(19)9-5-10(16(21)22)7-11(6-9)17(23)24/h5-7,12H,3-4H2,1-2H3,(H,15,19). The molecule has 0 radical (unpaired) electrons. The second-order valence-electron chi connectivity index (χ2n) is 4.94. The molecule has 0 spiro atoms. The van der Waals surface area contributed by atoms with Gasteiger partial charge in [-0.1, -0.05) is 0 Å².